The molecule has 0 aliphatic heterocycles. The molecule has 0 spiro atoms. The van der Waals surface area contributed by atoms with Crippen LogP contribution in [0.4, 0.5) is 5.82 Å². The molecule has 0 atom stereocenters. The molecule has 1 aromatic carbocycles. The van der Waals surface area contributed by atoms with Crippen molar-refractivity contribution >= 4 is 22.8 Å². The lowest BCUT2D eigenvalue weighted by atomic mass is 10.0. The Kier molecular flexibility index (Phi) is 4.04. The summed E-state index contributed by atoms with van der Waals surface area (Å²) < 4.78 is 1.66. The number of fused-ring (bicyclic) bond motifs is 1. The molecule has 3 heterocycles. The summed E-state index contributed by atoms with van der Waals surface area (Å²) in [5, 5.41) is 17.6. The van der Waals surface area contributed by atoms with Crippen LogP contribution in [0.2, 0.25) is 0 Å². The molecular weight excluding hydrogens is 342 g/mol. The second kappa shape index (κ2) is 6.53. The van der Waals surface area contributed by atoms with E-state index in [2.05, 4.69) is 20.4 Å². The number of nitrogens with one attached hydrogen (secondary N) is 1. The molecule has 0 bridgehead atoms. The molecule has 4 aromatic rings. The van der Waals surface area contributed by atoms with Crippen LogP contribution >= 0.6 is 0 Å². The molecular formula is C20H17N5O2. The molecule has 7 heteroatoms. The Balaban J connectivity index is 1.88. The number of pyridine rings is 2. The number of carbonyl (C=O) groups is 1. The zero-order valence-corrected chi connectivity index (χ0v) is 14.8. The lowest BCUT2D eigenvalue weighted by Crippen LogP contribution is -2.14. The van der Waals surface area contributed by atoms with Gasteiger partial charge in [0.05, 0.1) is 22.3 Å². The topological polar surface area (TPSA) is 92.9 Å². The molecule has 3 aromatic heterocycles. The number of benzene rings is 1. The Bertz CT molecular complexity index is 1150. The zero-order chi connectivity index (χ0) is 19.0. The number of carbonyl (C=O) groups excluding carboxylic acids is 1. The second-order valence-corrected chi connectivity index (χ2v) is 6.15. The number of hydrogen-bond acceptors (Lipinski definition) is 5. The average Bonchev–Trinajstić information content (AvgIpc) is 2.97. The van der Waals surface area contributed by atoms with E-state index in [0.29, 0.717) is 28.0 Å². The minimum atomic E-state index is -0.385. The van der Waals surface area contributed by atoms with Crippen molar-refractivity contribution in [1.82, 2.24) is 19.7 Å². The fraction of sp³-hybridized carbons (Fsp3) is 0.100. The van der Waals surface area contributed by atoms with E-state index in [1.165, 1.54) is 12.3 Å². The maximum atomic E-state index is 13.0. The Morgan fingerprint density at radius 3 is 2.67 bits per heavy atom. The lowest BCUT2D eigenvalue weighted by molar-refractivity contribution is 0.102. The van der Waals surface area contributed by atoms with Gasteiger partial charge in [0, 0.05) is 18.8 Å². The van der Waals surface area contributed by atoms with Crippen LogP contribution in [0, 0.1) is 6.92 Å². The van der Waals surface area contributed by atoms with E-state index in [1.807, 2.05) is 37.3 Å². The van der Waals surface area contributed by atoms with E-state index in [9.17, 15) is 9.90 Å². The predicted molar refractivity (Wildman–Crippen MR) is 103 cm³/mol. The number of aromatic nitrogens is 4. The first kappa shape index (κ1) is 16.7. The van der Waals surface area contributed by atoms with E-state index in [1.54, 1.807) is 23.9 Å². The van der Waals surface area contributed by atoms with E-state index in [0.717, 1.165) is 5.56 Å². The first-order valence-corrected chi connectivity index (χ1v) is 8.39. The molecule has 1 amide bonds. The highest BCUT2D eigenvalue weighted by Gasteiger charge is 2.20. The highest BCUT2D eigenvalue weighted by molar-refractivity contribution is 6.13. The maximum absolute atomic E-state index is 13.0. The number of hydrogen-bond donors (Lipinski definition) is 2. The summed E-state index contributed by atoms with van der Waals surface area (Å²) >= 11 is 0. The monoisotopic (exact) mass is 359 g/mol. The minimum absolute atomic E-state index is 0.0951. The van der Waals surface area contributed by atoms with Crippen molar-refractivity contribution in [2.24, 2.45) is 7.05 Å². The molecule has 0 aliphatic carbocycles. The SMILES string of the molecule is Cc1nn(C)c2nc(-c3ccccc3)cc(C(=O)Nc3ncccc3O)c12. The number of aromatic hydroxyl groups is 1. The minimum Gasteiger partial charge on any atom is -0.504 e. The summed E-state index contributed by atoms with van der Waals surface area (Å²) in [6.07, 6.45) is 1.50. The van der Waals surface area contributed by atoms with Crippen molar-refractivity contribution in [3.63, 3.8) is 0 Å². The highest BCUT2D eigenvalue weighted by atomic mass is 16.3. The predicted octanol–water partition coefficient (Wildman–Crippen LogP) is 3.30. The van der Waals surface area contributed by atoms with Crippen LogP contribution in [-0.2, 0) is 7.05 Å². The van der Waals surface area contributed by atoms with Crippen molar-refractivity contribution in [2.45, 2.75) is 6.92 Å². The van der Waals surface area contributed by atoms with Crippen LogP contribution in [0.15, 0.2) is 54.7 Å². The van der Waals surface area contributed by atoms with Crippen LogP contribution in [0.25, 0.3) is 22.3 Å². The highest BCUT2D eigenvalue weighted by Crippen LogP contribution is 2.28. The van der Waals surface area contributed by atoms with Gasteiger partial charge in [-0.15, -0.1) is 0 Å². The number of nitrogens with zero attached hydrogens (tertiary/aromatic N) is 4. The number of amides is 1. The first-order valence-electron chi connectivity index (χ1n) is 8.39. The molecule has 0 saturated heterocycles. The third-order valence-corrected chi connectivity index (χ3v) is 4.30. The van der Waals surface area contributed by atoms with Gasteiger partial charge < -0.3 is 10.4 Å². The summed E-state index contributed by atoms with van der Waals surface area (Å²) in [5.41, 5.74) is 3.31. The number of anilines is 1. The molecule has 7 nitrogen and oxygen atoms in total. The number of aryl methyl sites for hydroxylation is 2. The summed E-state index contributed by atoms with van der Waals surface area (Å²) in [7, 11) is 1.80. The Morgan fingerprint density at radius 2 is 1.93 bits per heavy atom. The van der Waals surface area contributed by atoms with Crippen molar-refractivity contribution in [2.75, 3.05) is 5.32 Å². The zero-order valence-electron chi connectivity index (χ0n) is 14.8. The van der Waals surface area contributed by atoms with E-state index < -0.39 is 0 Å². The quantitative estimate of drug-likeness (QED) is 0.585. The Labute approximate surface area is 155 Å². The van der Waals surface area contributed by atoms with Gasteiger partial charge in [0.15, 0.2) is 17.2 Å². The molecule has 4 rings (SSSR count). The van der Waals surface area contributed by atoms with Crippen molar-refractivity contribution in [1.29, 1.82) is 0 Å². The summed E-state index contributed by atoms with van der Waals surface area (Å²) in [6, 6.07) is 14.4. The van der Waals surface area contributed by atoms with Crippen LogP contribution in [0.5, 0.6) is 5.75 Å². The summed E-state index contributed by atoms with van der Waals surface area (Å²) in [6.45, 7) is 1.83. The van der Waals surface area contributed by atoms with Crippen molar-refractivity contribution < 1.29 is 9.90 Å². The van der Waals surface area contributed by atoms with Gasteiger partial charge in [-0.1, -0.05) is 30.3 Å². The van der Waals surface area contributed by atoms with Gasteiger partial charge in [-0.25, -0.2) is 9.97 Å². The largest absolute Gasteiger partial charge is 0.504 e. The summed E-state index contributed by atoms with van der Waals surface area (Å²) in [5.74, 6) is -0.373. The van der Waals surface area contributed by atoms with E-state index >= 15 is 0 Å². The number of rotatable bonds is 3. The van der Waals surface area contributed by atoms with Crippen LogP contribution in [0.3, 0.4) is 0 Å². The summed E-state index contributed by atoms with van der Waals surface area (Å²) in [4.78, 5) is 21.7. The van der Waals surface area contributed by atoms with Gasteiger partial charge in [-0.2, -0.15) is 5.10 Å². The molecule has 27 heavy (non-hydrogen) atoms. The molecule has 0 radical (unpaired) electrons. The Morgan fingerprint density at radius 1 is 1.15 bits per heavy atom. The molecule has 0 unspecified atom stereocenters. The van der Waals surface area contributed by atoms with Gasteiger partial charge in [-0.05, 0) is 25.1 Å². The van der Waals surface area contributed by atoms with Crippen molar-refractivity contribution in [3.8, 4) is 17.0 Å². The van der Waals surface area contributed by atoms with E-state index in [4.69, 9.17) is 0 Å². The van der Waals surface area contributed by atoms with Gasteiger partial charge in [0.25, 0.3) is 5.91 Å². The molecule has 0 saturated carbocycles. The smallest absolute Gasteiger partial charge is 0.257 e. The van der Waals surface area contributed by atoms with Gasteiger partial charge in [0.1, 0.15) is 0 Å². The van der Waals surface area contributed by atoms with Crippen LogP contribution in [0.1, 0.15) is 16.1 Å². The maximum Gasteiger partial charge on any atom is 0.257 e. The van der Waals surface area contributed by atoms with Crippen LogP contribution < -0.4 is 5.32 Å². The van der Waals surface area contributed by atoms with Gasteiger partial charge >= 0.3 is 0 Å². The van der Waals surface area contributed by atoms with Crippen LogP contribution in [-0.4, -0.2) is 30.8 Å². The van der Waals surface area contributed by atoms with Gasteiger partial charge in [0.2, 0.25) is 0 Å². The first-order chi connectivity index (χ1) is 13.0. The normalized spacial score (nSPS) is 10.9. The fourth-order valence-electron chi connectivity index (χ4n) is 3.05. The van der Waals surface area contributed by atoms with Crippen molar-refractivity contribution in [3.05, 3.63) is 66.0 Å². The van der Waals surface area contributed by atoms with E-state index in [-0.39, 0.29) is 17.5 Å². The molecule has 0 fully saturated rings. The third-order valence-electron chi connectivity index (χ3n) is 4.30. The lowest BCUT2D eigenvalue weighted by Gasteiger charge is -2.09. The fourth-order valence-corrected chi connectivity index (χ4v) is 3.05. The second-order valence-electron chi connectivity index (χ2n) is 6.15. The molecule has 2 N–H and O–H groups in total. The molecule has 134 valence electrons. The van der Waals surface area contributed by atoms with Gasteiger partial charge in [-0.3, -0.25) is 9.48 Å². The average molecular weight is 359 g/mol. The Hall–Kier alpha value is -3.74. The standard InChI is InChI=1S/C20H17N5O2/c1-12-17-14(20(27)23-18-16(26)9-6-10-21-18)11-15(13-7-4-3-5-8-13)22-19(17)25(2)24-12/h3-11,26H,1-2H3,(H,21,23,27). The third kappa shape index (κ3) is 2.99. The molecule has 0 aliphatic rings.